The molecule has 0 atom stereocenters. The van der Waals surface area contributed by atoms with Crippen LogP contribution in [0.5, 0.6) is 0 Å². The van der Waals surface area contributed by atoms with Crippen LogP contribution >= 0.6 is 0 Å². The quantitative estimate of drug-likeness (QED) is 0.449. The van der Waals surface area contributed by atoms with Crippen molar-refractivity contribution in [3.8, 4) is 11.4 Å². The van der Waals surface area contributed by atoms with Crippen LogP contribution < -0.4 is 5.32 Å². The number of carbonyl (C=O) groups excluding carboxylic acids is 2. The predicted octanol–water partition coefficient (Wildman–Crippen LogP) is 3.15. The second kappa shape index (κ2) is 9.52. The molecule has 4 aromatic rings. The Morgan fingerprint density at radius 1 is 1.09 bits per heavy atom. The highest BCUT2D eigenvalue weighted by atomic mass is 16.5. The Kier molecular flexibility index (Phi) is 6.17. The van der Waals surface area contributed by atoms with Crippen LogP contribution in [0, 0.1) is 0 Å². The minimum atomic E-state index is -0.452. The molecule has 0 bridgehead atoms. The van der Waals surface area contributed by atoms with Gasteiger partial charge in [-0.25, -0.2) is 0 Å². The Morgan fingerprint density at radius 2 is 1.94 bits per heavy atom. The molecule has 3 heterocycles. The molecular formula is C23H19N5O4. The Balaban J connectivity index is 1.51. The standard InChI is InChI=1S/C23H19N5O4/c1-28(15-20-26-21(27-32-20)17-9-5-11-24-14-17)23(30)19(13-18-10-6-12-31-18)25-22(29)16-7-3-2-4-8-16/h2-14H,15H2,1H3,(H,25,29)/b19-13-. The summed E-state index contributed by atoms with van der Waals surface area (Å²) < 4.78 is 10.6. The number of nitrogens with one attached hydrogen (secondary N) is 1. The van der Waals surface area contributed by atoms with Gasteiger partial charge in [-0.05, 0) is 36.4 Å². The van der Waals surface area contributed by atoms with E-state index in [4.69, 9.17) is 8.94 Å². The SMILES string of the molecule is CN(Cc1nc(-c2cccnc2)no1)C(=O)/C(=C/c1ccco1)NC(=O)c1ccccc1. The molecule has 4 rings (SSSR count). The number of rotatable bonds is 7. The molecular weight excluding hydrogens is 410 g/mol. The summed E-state index contributed by atoms with van der Waals surface area (Å²) in [5.74, 6) is 0.171. The minimum Gasteiger partial charge on any atom is -0.465 e. The van der Waals surface area contributed by atoms with Gasteiger partial charge in [0.25, 0.3) is 11.8 Å². The fourth-order valence-electron chi connectivity index (χ4n) is 2.86. The largest absolute Gasteiger partial charge is 0.465 e. The van der Waals surface area contributed by atoms with Crippen LogP contribution in [-0.2, 0) is 11.3 Å². The molecule has 32 heavy (non-hydrogen) atoms. The maximum atomic E-state index is 13.1. The number of nitrogens with zero attached hydrogens (tertiary/aromatic N) is 4. The molecule has 9 nitrogen and oxygen atoms in total. The predicted molar refractivity (Wildman–Crippen MR) is 115 cm³/mol. The zero-order valence-corrected chi connectivity index (χ0v) is 17.1. The molecule has 0 saturated carbocycles. The van der Waals surface area contributed by atoms with Gasteiger partial charge in [0, 0.05) is 36.6 Å². The second-order valence-corrected chi connectivity index (χ2v) is 6.81. The maximum absolute atomic E-state index is 13.1. The summed E-state index contributed by atoms with van der Waals surface area (Å²) in [4.78, 5) is 35.4. The molecule has 9 heteroatoms. The number of furan rings is 1. The van der Waals surface area contributed by atoms with Crippen LogP contribution in [0.2, 0.25) is 0 Å². The summed E-state index contributed by atoms with van der Waals surface area (Å²) in [6.45, 7) is 0.0444. The molecule has 0 aliphatic carbocycles. The van der Waals surface area contributed by atoms with E-state index in [0.717, 1.165) is 0 Å². The van der Waals surface area contributed by atoms with Gasteiger partial charge in [0.2, 0.25) is 11.7 Å². The van der Waals surface area contributed by atoms with E-state index in [-0.39, 0.29) is 18.1 Å². The number of amides is 2. The van der Waals surface area contributed by atoms with E-state index in [1.165, 1.54) is 17.2 Å². The van der Waals surface area contributed by atoms with Crippen LogP contribution in [0.15, 0.2) is 87.9 Å². The van der Waals surface area contributed by atoms with Crippen molar-refractivity contribution in [2.75, 3.05) is 7.05 Å². The lowest BCUT2D eigenvalue weighted by molar-refractivity contribution is -0.127. The van der Waals surface area contributed by atoms with Gasteiger partial charge in [0.1, 0.15) is 18.0 Å². The molecule has 0 aliphatic heterocycles. The Bertz CT molecular complexity index is 1220. The van der Waals surface area contributed by atoms with Crippen LogP contribution in [-0.4, -0.2) is 38.9 Å². The smallest absolute Gasteiger partial charge is 0.270 e. The lowest BCUT2D eigenvalue weighted by Gasteiger charge is -2.17. The molecule has 160 valence electrons. The first-order valence-corrected chi connectivity index (χ1v) is 9.70. The maximum Gasteiger partial charge on any atom is 0.270 e. The molecule has 0 aliphatic rings. The third-order valence-corrected chi connectivity index (χ3v) is 4.45. The molecule has 0 saturated heterocycles. The number of pyridine rings is 1. The molecule has 0 radical (unpaired) electrons. The van der Waals surface area contributed by atoms with Crippen molar-refractivity contribution in [1.29, 1.82) is 0 Å². The van der Waals surface area contributed by atoms with Crippen molar-refractivity contribution in [3.05, 3.63) is 96.2 Å². The third-order valence-electron chi connectivity index (χ3n) is 4.45. The highest BCUT2D eigenvalue weighted by Gasteiger charge is 2.21. The van der Waals surface area contributed by atoms with Crippen molar-refractivity contribution in [2.24, 2.45) is 0 Å². The van der Waals surface area contributed by atoms with Crippen LogP contribution in [0.1, 0.15) is 22.0 Å². The van der Waals surface area contributed by atoms with Crippen molar-refractivity contribution >= 4 is 17.9 Å². The second-order valence-electron chi connectivity index (χ2n) is 6.81. The third kappa shape index (κ3) is 4.96. The fourth-order valence-corrected chi connectivity index (χ4v) is 2.86. The molecule has 0 fully saturated rings. The van der Waals surface area contributed by atoms with E-state index in [9.17, 15) is 9.59 Å². The summed E-state index contributed by atoms with van der Waals surface area (Å²) in [5.41, 5.74) is 1.17. The summed E-state index contributed by atoms with van der Waals surface area (Å²) >= 11 is 0. The average molecular weight is 429 g/mol. The first-order chi connectivity index (χ1) is 15.6. The van der Waals surface area contributed by atoms with E-state index in [0.29, 0.717) is 22.7 Å². The minimum absolute atomic E-state index is 0.0444. The zero-order chi connectivity index (χ0) is 22.3. The Morgan fingerprint density at radius 3 is 2.66 bits per heavy atom. The number of likely N-dealkylation sites (N-methyl/N-ethyl adjacent to an activating group) is 1. The monoisotopic (exact) mass is 429 g/mol. The van der Waals surface area contributed by atoms with Gasteiger partial charge >= 0.3 is 0 Å². The number of aromatic nitrogens is 3. The van der Waals surface area contributed by atoms with Crippen molar-refractivity contribution in [1.82, 2.24) is 25.3 Å². The van der Waals surface area contributed by atoms with Crippen LogP contribution in [0.25, 0.3) is 17.5 Å². The van der Waals surface area contributed by atoms with E-state index in [1.807, 2.05) is 0 Å². The summed E-state index contributed by atoms with van der Waals surface area (Å²) in [6, 6.07) is 15.6. The average Bonchev–Trinajstić information content (AvgIpc) is 3.51. The highest BCUT2D eigenvalue weighted by Crippen LogP contribution is 2.15. The van der Waals surface area contributed by atoms with E-state index in [1.54, 1.807) is 74.0 Å². The number of benzene rings is 1. The molecule has 3 aromatic heterocycles. The van der Waals surface area contributed by atoms with E-state index < -0.39 is 11.8 Å². The number of carbonyl (C=O) groups is 2. The molecule has 1 aromatic carbocycles. The number of hydrogen-bond donors (Lipinski definition) is 1. The molecule has 1 N–H and O–H groups in total. The van der Waals surface area contributed by atoms with Gasteiger partial charge < -0.3 is 19.2 Å². The fraction of sp³-hybridized carbons (Fsp3) is 0.0870. The molecule has 0 unspecified atom stereocenters. The molecule has 0 spiro atoms. The van der Waals surface area contributed by atoms with E-state index in [2.05, 4.69) is 20.4 Å². The van der Waals surface area contributed by atoms with Crippen LogP contribution in [0.3, 0.4) is 0 Å². The van der Waals surface area contributed by atoms with Gasteiger partial charge in [-0.3, -0.25) is 14.6 Å². The lowest BCUT2D eigenvalue weighted by Crippen LogP contribution is -2.36. The van der Waals surface area contributed by atoms with Crippen LogP contribution in [0.4, 0.5) is 0 Å². The van der Waals surface area contributed by atoms with E-state index >= 15 is 0 Å². The van der Waals surface area contributed by atoms with Crippen molar-refractivity contribution < 1.29 is 18.5 Å². The van der Waals surface area contributed by atoms with Crippen molar-refractivity contribution in [2.45, 2.75) is 6.54 Å². The van der Waals surface area contributed by atoms with Gasteiger partial charge in [-0.15, -0.1) is 0 Å². The van der Waals surface area contributed by atoms with Gasteiger partial charge in [-0.2, -0.15) is 4.98 Å². The lowest BCUT2D eigenvalue weighted by atomic mass is 10.2. The number of hydrogen-bond acceptors (Lipinski definition) is 7. The summed E-state index contributed by atoms with van der Waals surface area (Å²) in [6.07, 6.45) is 6.21. The highest BCUT2D eigenvalue weighted by molar-refractivity contribution is 6.05. The topological polar surface area (TPSA) is 114 Å². The van der Waals surface area contributed by atoms with Crippen molar-refractivity contribution in [3.63, 3.8) is 0 Å². The first-order valence-electron chi connectivity index (χ1n) is 9.70. The normalized spacial score (nSPS) is 11.2. The van der Waals surface area contributed by atoms with Gasteiger partial charge in [0.15, 0.2) is 0 Å². The van der Waals surface area contributed by atoms with Gasteiger partial charge in [0.05, 0.1) is 6.26 Å². The Hall–Kier alpha value is -4.53. The van der Waals surface area contributed by atoms with Gasteiger partial charge in [-0.1, -0.05) is 23.4 Å². The summed E-state index contributed by atoms with van der Waals surface area (Å²) in [7, 11) is 1.57. The summed E-state index contributed by atoms with van der Waals surface area (Å²) in [5, 5.41) is 6.59. The first kappa shape index (κ1) is 20.7. The zero-order valence-electron chi connectivity index (χ0n) is 17.1. The Labute approximate surface area is 183 Å². The molecule has 2 amide bonds.